The van der Waals surface area contributed by atoms with Gasteiger partial charge in [-0.3, -0.25) is 0 Å². The fourth-order valence-electron chi connectivity index (χ4n) is 7.27. The van der Waals surface area contributed by atoms with Gasteiger partial charge in [-0.15, -0.1) is 0 Å². The zero-order chi connectivity index (χ0) is 17.8. The maximum absolute atomic E-state index is 11.1. The van der Waals surface area contributed by atoms with Gasteiger partial charge in [0, 0.05) is 6.42 Å². The molecule has 2 heteroatoms. The molecule has 4 aliphatic carbocycles. The van der Waals surface area contributed by atoms with E-state index in [4.69, 9.17) is 0 Å². The summed E-state index contributed by atoms with van der Waals surface area (Å²) < 4.78 is 0. The van der Waals surface area contributed by atoms with Gasteiger partial charge in [0.15, 0.2) is 0 Å². The van der Waals surface area contributed by atoms with E-state index >= 15 is 0 Å². The van der Waals surface area contributed by atoms with Crippen LogP contribution in [0.1, 0.15) is 72.1 Å². The number of carbonyl (C=O) groups excluding carboxylic acids is 1. The highest BCUT2D eigenvalue weighted by Crippen LogP contribution is 2.65. The van der Waals surface area contributed by atoms with Crippen LogP contribution in [0.4, 0.5) is 0 Å². The highest BCUT2D eigenvalue weighted by Gasteiger charge is 2.56. The Morgan fingerprint density at radius 1 is 1.16 bits per heavy atom. The smallest absolute Gasteiger partial charge is 0.120 e. The number of hydrogen-bond donors (Lipinski definition) is 1. The zero-order valence-corrected chi connectivity index (χ0v) is 16.1. The van der Waals surface area contributed by atoms with Crippen LogP contribution in [0.2, 0.25) is 0 Å². The monoisotopic (exact) mass is 342 g/mol. The highest BCUT2D eigenvalue weighted by atomic mass is 16.3. The standard InChI is InChI=1S/C23H34O2/c1-15(10-13-24)19-6-7-20-18-5-4-16-14-17(25)8-11-22(16,2)21(18)9-12-23(19,20)3/h4-5,13,15,17,19-21,25H,6-12,14H2,1-3H3/t15-,17+,19+,20?,21?,22+,23-/m1/s1. The van der Waals surface area contributed by atoms with Crippen molar-refractivity contribution in [3.8, 4) is 0 Å². The van der Waals surface area contributed by atoms with Crippen molar-refractivity contribution in [1.29, 1.82) is 0 Å². The molecule has 0 heterocycles. The van der Waals surface area contributed by atoms with E-state index in [2.05, 4.69) is 32.9 Å². The average Bonchev–Trinajstić information content (AvgIpc) is 2.93. The van der Waals surface area contributed by atoms with Crippen LogP contribution in [0, 0.1) is 34.5 Å². The molecule has 0 spiro atoms. The summed E-state index contributed by atoms with van der Waals surface area (Å²) in [6.45, 7) is 7.27. The van der Waals surface area contributed by atoms with Crippen molar-refractivity contribution in [1.82, 2.24) is 0 Å². The van der Waals surface area contributed by atoms with Crippen LogP contribution in [-0.4, -0.2) is 17.5 Å². The third kappa shape index (κ3) is 2.51. The van der Waals surface area contributed by atoms with Gasteiger partial charge in [-0.1, -0.05) is 44.1 Å². The van der Waals surface area contributed by atoms with E-state index in [9.17, 15) is 9.90 Å². The molecule has 4 aliphatic rings. The Balaban J connectivity index is 1.66. The maximum Gasteiger partial charge on any atom is 0.120 e. The van der Waals surface area contributed by atoms with Crippen molar-refractivity contribution in [3.05, 3.63) is 23.3 Å². The van der Waals surface area contributed by atoms with Gasteiger partial charge in [0.1, 0.15) is 6.29 Å². The maximum atomic E-state index is 11.1. The lowest BCUT2D eigenvalue weighted by molar-refractivity contribution is -0.109. The van der Waals surface area contributed by atoms with Gasteiger partial charge in [0.05, 0.1) is 6.10 Å². The van der Waals surface area contributed by atoms with E-state index in [1.54, 1.807) is 5.57 Å². The first-order chi connectivity index (χ1) is 11.9. The minimum Gasteiger partial charge on any atom is -0.393 e. The van der Waals surface area contributed by atoms with Gasteiger partial charge in [-0.2, -0.15) is 0 Å². The minimum atomic E-state index is -0.136. The second kappa shape index (κ2) is 6.08. The predicted molar refractivity (Wildman–Crippen MR) is 101 cm³/mol. The first-order valence-corrected chi connectivity index (χ1v) is 10.4. The summed E-state index contributed by atoms with van der Waals surface area (Å²) in [5, 5.41) is 10.1. The van der Waals surface area contributed by atoms with E-state index in [1.807, 2.05) is 0 Å². The molecule has 25 heavy (non-hydrogen) atoms. The van der Waals surface area contributed by atoms with Crippen LogP contribution in [0.3, 0.4) is 0 Å². The SMILES string of the molecule is C[C@H](CC=O)[C@@H]1CCC2C3=CC=C4C[C@@H](O)CC[C@]4(C)C3CC[C@@]21C. The summed E-state index contributed by atoms with van der Waals surface area (Å²) in [6, 6.07) is 0. The highest BCUT2D eigenvalue weighted by molar-refractivity contribution is 5.49. The quantitative estimate of drug-likeness (QED) is 0.727. The second-order valence-corrected chi connectivity index (χ2v) is 9.89. The lowest BCUT2D eigenvalue weighted by Crippen LogP contribution is -2.46. The topological polar surface area (TPSA) is 37.3 Å². The summed E-state index contributed by atoms with van der Waals surface area (Å²) in [7, 11) is 0. The summed E-state index contributed by atoms with van der Waals surface area (Å²) in [5.74, 6) is 2.58. The first-order valence-electron chi connectivity index (χ1n) is 10.4. The molecule has 0 aromatic rings. The predicted octanol–water partition coefficient (Wildman–Crippen LogP) is 5.07. The summed E-state index contributed by atoms with van der Waals surface area (Å²) in [6.07, 6.45) is 14.6. The van der Waals surface area contributed by atoms with E-state index in [1.165, 1.54) is 31.3 Å². The van der Waals surface area contributed by atoms with Gasteiger partial charge < -0.3 is 9.90 Å². The van der Waals surface area contributed by atoms with Gasteiger partial charge >= 0.3 is 0 Å². The van der Waals surface area contributed by atoms with Gasteiger partial charge in [0.25, 0.3) is 0 Å². The Labute approximate surface area is 152 Å². The molecule has 0 amide bonds. The molecular formula is C23H34O2. The third-order valence-corrected chi connectivity index (χ3v) is 8.77. The molecule has 0 radical (unpaired) electrons. The molecule has 1 N–H and O–H groups in total. The Morgan fingerprint density at radius 2 is 1.96 bits per heavy atom. The fourth-order valence-corrected chi connectivity index (χ4v) is 7.27. The van der Waals surface area contributed by atoms with Crippen molar-refractivity contribution in [2.45, 2.75) is 78.2 Å². The molecule has 0 saturated heterocycles. The number of hydrogen-bond acceptors (Lipinski definition) is 2. The van der Waals surface area contributed by atoms with E-state index in [0.717, 1.165) is 32.0 Å². The lowest BCUT2D eigenvalue weighted by atomic mass is 9.50. The normalized spacial score (nSPS) is 47.0. The van der Waals surface area contributed by atoms with E-state index < -0.39 is 0 Å². The Bertz CT molecular complexity index is 618. The van der Waals surface area contributed by atoms with Crippen molar-refractivity contribution in [2.24, 2.45) is 34.5 Å². The van der Waals surface area contributed by atoms with Crippen molar-refractivity contribution in [3.63, 3.8) is 0 Å². The zero-order valence-electron chi connectivity index (χ0n) is 16.1. The number of aliphatic hydroxyl groups excluding tert-OH is 1. The molecule has 3 saturated carbocycles. The Hall–Kier alpha value is -0.890. The fraction of sp³-hybridized carbons (Fsp3) is 0.783. The van der Waals surface area contributed by atoms with Gasteiger partial charge in [-0.05, 0) is 79.4 Å². The Morgan fingerprint density at radius 3 is 2.72 bits per heavy atom. The van der Waals surface area contributed by atoms with Crippen molar-refractivity contribution in [2.75, 3.05) is 0 Å². The number of carbonyl (C=O) groups is 1. The number of allylic oxidation sites excluding steroid dienone is 3. The molecule has 7 atom stereocenters. The molecule has 0 bridgehead atoms. The van der Waals surface area contributed by atoms with Crippen LogP contribution in [-0.2, 0) is 4.79 Å². The molecule has 138 valence electrons. The lowest BCUT2D eigenvalue weighted by Gasteiger charge is -2.55. The number of rotatable bonds is 3. The summed E-state index contributed by atoms with van der Waals surface area (Å²) in [5.41, 5.74) is 3.85. The molecular weight excluding hydrogens is 308 g/mol. The van der Waals surface area contributed by atoms with E-state index in [0.29, 0.717) is 29.1 Å². The van der Waals surface area contributed by atoms with Crippen LogP contribution in [0.25, 0.3) is 0 Å². The number of aldehydes is 1. The number of aliphatic hydroxyl groups is 1. The van der Waals surface area contributed by atoms with Crippen LogP contribution in [0.15, 0.2) is 23.3 Å². The van der Waals surface area contributed by atoms with Crippen LogP contribution < -0.4 is 0 Å². The molecule has 2 nitrogen and oxygen atoms in total. The van der Waals surface area contributed by atoms with Crippen LogP contribution in [0.5, 0.6) is 0 Å². The van der Waals surface area contributed by atoms with E-state index in [-0.39, 0.29) is 11.5 Å². The average molecular weight is 343 g/mol. The van der Waals surface area contributed by atoms with Crippen LogP contribution >= 0.6 is 0 Å². The summed E-state index contributed by atoms with van der Waals surface area (Å²) >= 11 is 0. The molecule has 2 unspecified atom stereocenters. The molecule has 3 fully saturated rings. The molecule has 0 aromatic carbocycles. The molecule has 0 aliphatic heterocycles. The molecule has 4 rings (SSSR count). The third-order valence-electron chi connectivity index (χ3n) is 8.77. The van der Waals surface area contributed by atoms with Gasteiger partial charge in [-0.25, -0.2) is 0 Å². The minimum absolute atomic E-state index is 0.136. The Kier molecular flexibility index (Phi) is 4.26. The summed E-state index contributed by atoms with van der Waals surface area (Å²) in [4.78, 5) is 11.1. The largest absolute Gasteiger partial charge is 0.393 e. The van der Waals surface area contributed by atoms with Crippen molar-refractivity contribution >= 4 is 6.29 Å². The molecule has 0 aromatic heterocycles. The first kappa shape index (κ1) is 17.5. The van der Waals surface area contributed by atoms with Crippen molar-refractivity contribution < 1.29 is 9.90 Å². The van der Waals surface area contributed by atoms with Gasteiger partial charge in [0.2, 0.25) is 0 Å². The number of fused-ring (bicyclic) bond motifs is 5. The second-order valence-electron chi connectivity index (χ2n) is 9.89.